The van der Waals surface area contributed by atoms with Crippen LogP contribution in [0.5, 0.6) is 5.75 Å². The molecule has 1 aromatic carbocycles. The van der Waals surface area contributed by atoms with E-state index in [1.54, 1.807) is 7.11 Å². The number of aliphatic hydroxyl groups is 1. The zero-order valence-electron chi connectivity index (χ0n) is 11.9. The predicted molar refractivity (Wildman–Crippen MR) is 76.4 cm³/mol. The number of hydrogen-bond acceptors (Lipinski definition) is 4. The fourth-order valence-electron chi connectivity index (χ4n) is 2.68. The third kappa shape index (κ3) is 3.93. The molecule has 4 nitrogen and oxygen atoms in total. The van der Waals surface area contributed by atoms with E-state index in [9.17, 15) is 0 Å². The van der Waals surface area contributed by atoms with Gasteiger partial charge in [0.2, 0.25) is 0 Å². The molecule has 0 aromatic heterocycles. The number of methoxy groups -OCH3 is 1. The van der Waals surface area contributed by atoms with Crippen molar-refractivity contribution in [2.24, 2.45) is 0 Å². The van der Waals surface area contributed by atoms with Crippen molar-refractivity contribution in [3.8, 4) is 5.75 Å². The molecule has 1 N–H and O–H groups in total. The molecule has 1 atom stereocenters. The van der Waals surface area contributed by atoms with Crippen molar-refractivity contribution < 1.29 is 9.84 Å². The van der Waals surface area contributed by atoms with Gasteiger partial charge in [-0.2, -0.15) is 0 Å². The minimum atomic E-state index is 0.239. The Balaban J connectivity index is 1.87. The van der Waals surface area contributed by atoms with Crippen LogP contribution >= 0.6 is 0 Å². The number of rotatable bonds is 6. The molecule has 0 aliphatic carbocycles. The average molecular weight is 264 g/mol. The lowest BCUT2D eigenvalue weighted by molar-refractivity contribution is 0.177. The van der Waals surface area contributed by atoms with Gasteiger partial charge in [0.05, 0.1) is 13.7 Å². The van der Waals surface area contributed by atoms with Gasteiger partial charge in [-0.3, -0.25) is 9.80 Å². The van der Waals surface area contributed by atoms with Crippen molar-refractivity contribution in [1.29, 1.82) is 0 Å². The maximum Gasteiger partial charge on any atom is 0.119 e. The van der Waals surface area contributed by atoms with E-state index in [1.165, 1.54) is 12.0 Å². The minimum Gasteiger partial charge on any atom is -0.497 e. The Morgan fingerprint density at radius 2 is 2.32 bits per heavy atom. The highest BCUT2D eigenvalue weighted by atomic mass is 16.5. The second kappa shape index (κ2) is 6.89. The highest BCUT2D eigenvalue weighted by molar-refractivity contribution is 5.28. The van der Waals surface area contributed by atoms with Crippen molar-refractivity contribution in [2.75, 3.05) is 40.4 Å². The Bertz CT molecular complexity index is 397. The van der Waals surface area contributed by atoms with Crippen LogP contribution in [-0.2, 0) is 6.54 Å². The number of hydrogen-bond donors (Lipinski definition) is 1. The van der Waals surface area contributed by atoms with Gasteiger partial charge in [-0.1, -0.05) is 12.1 Å². The highest BCUT2D eigenvalue weighted by Gasteiger charge is 2.25. The van der Waals surface area contributed by atoms with E-state index >= 15 is 0 Å². The molecule has 4 heteroatoms. The van der Waals surface area contributed by atoms with Gasteiger partial charge < -0.3 is 9.84 Å². The SMILES string of the molecule is COc1cccc(CN2CCC(N(C)CCO)C2)c1. The predicted octanol–water partition coefficient (Wildman–Crippen LogP) is 1.19. The van der Waals surface area contributed by atoms with E-state index < -0.39 is 0 Å². The van der Waals surface area contributed by atoms with Gasteiger partial charge in [-0.25, -0.2) is 0 Å². The summed E-state index contributed by atoms with van der Waals surface area (Å²) in [6.07, 6.45) is 1.18. The van der Waals surface area contributed by atoms with Crippen LogP contribution in [0.3, 0.4) is 0 Å². The first-order chi connectivity index (χ1) is 9.22. The molecule has 0 bridgehead atoms. The van der Waals surface area contributed by atoms with Crippen LogP contribution in [-0.4, -0.2) is 61.3 Å². The summed E-state index contributed by atoms with van der Waals surface area (Å²) in [4.78, 5) is 4.72. The van der Waals surface area contributed by atoms with E-state index in [0.29, 0.717) is 6.04 Å². The molecule has 1 unspecified atom stereocenters. The molecule has 2 rings (SSSR count). The zero-order valence-corrected chi connectivity index (χ0v) is 11.9. The Morgan fingerprint density at radius 1 is 1.47 bits per heavy atom. The van der Waals surface area contributed by atoms with Gasteiger partial charge in [-0.05, 0) is 31.2 Å². The summed E-state index contributed by atoms with van der Waals surface area (Å²) in [6.45, 7) is 4.17. The molecule has 1 aliphatic rings. The molecule has 1 aromatic rings. The first kappa shape index (κ1) is 14.3. The quantitative estimate of drug-likeness (QED) is 0.837. The first-order valence-electron chi connectivity index (χ1n) is 6.89. The van der Waals surface area contributed by atoms with Crippen molar-refractivity contribution >= 4 is 0 Å². The van der Waals surface area contributed by atoms with Gasteiger partial charge in [-0.15, -0.1) is 0 Å². The molecule has 0 amide bonds. The number of benzene rings is 1. The molecule has 1 saturated heterocycles. The summed E-state index contributed by atoms with van der Waals surface area (Å²) in [6, 6.07) is 8.83. The van der Waals surface area contributed by atoms with Crippen LogP contribution in [0.4, 0.5) is 0 Å². The minimum absolute atomic E-state index is 0.239. The Labute approximate surface area is 115 Å². The summed E-state index contributed by atoms with van der Waals surface area (Å²) in [5.74, 6) is 0.922. The van der Waals surface area contributed by atoms with Crippen LogP contribution < -0.4 is 4.74 Å². The number of nitrogens with zero attached hydrogens (tertiary/aromatic N) is 2. The second-order valence-corrected chi connectivity index (χ2v) is 5.23. The maximum absolute atomic E-state index is 8.99. The topological polar surface area (TPSA) is 35.9 Å². The lowest BCUT2D eigenvalue weighted by Crippen LogP contribution is -2.36. The highest BCUT2D eigenvalue weighted by Crippen LogP contribution is 2.19. The van der Waals surface area contributed by atoms with E-state index in [-0.39, 0.29) is 6.61 Å². The molecule has 106 valence electrons. The summed E-state index contributed by atoms with van der Waals surface area (Å²) in [5, 5.41) is 8.99. The lowest BCUT2D eigenvalue weighted by atomic mass is 10.2. The van der Waals surface area contributed by atoms with Crippen molar-refractivity contribution in [3.05, 3.63) is 29.8 Å². The molecular weight excluding hydrogens is 240 g/mol. The van der Waals surface area contributed by atoms with Crippen LogP contribution in [0.1, 0.15) is 12.0 Å². The lowest BCUT2D eigenvalue weighted by Gasteiger charge is -2.23. The van der Waals surface area contributed by atoms with E-state index in [0.717, 1.165) is 31.9 Å². The average Bonchev–Trinajstić information content (AvgIpc) is 2.88. The molecule has 0 radical (unpaired) electrons. The zero-order chi connectivity index (χ0) is 13.7. The Hall–Kier alpha value is -1.10. The van der Waals surface area contributed by atoms with Gasteiger partial charge in [0.1, 0.15) is 5.75 Å². The molecular formula is C15H24N2O2. The largest absolute Gasteiger partial charge is 0.497 e. The third-order valence-electron chi connectivity index (χ3n) is 3.86. The summed E-state index contributed by atoms with van der Waals surface area (Å²) in [5.41, 5.74) is 1.30. The molecule has 1 heterocycles. The normalized spacial score (nSPS) is 20.1. The van der Waals surface area contributed by atoms with Gasteiger partial charge >= 0.3 is 0 Å². The maximum atomic E-state index is 8.99. The van der Waals surface area contributed by atoms with Crippen molar-refractivity contribution in [3.63, 3.8) is 0 Å². The van der Waals surface area contributed by atoms with E-state index in [2.05, 4.69) is 29.0 Å². The number of aliphatic hydroxyl groups excluding tert-OH is 1. The second-order valence-electron chi connectivity index (χ2n) is 5.23. The Morgan fingerprint density at radius 3 is 3.05 bits per heavy atom. The smallest absolute Gasteiger partial charge is 0.119 e. The van der Waals surface area contributed by atoms with Crippen molar-refractivity contribution in [1.82, 2.24) is 9.80 Å². The fourth-order valence-corrected chi connectivity index (χ4v) is 2.68. The molecule has 1 aliphatic heterocycles. The summed E-state index contributed by atoms with van der Waals surface area (Å²) in [7, 11) is 3.80. The fraction of sp³-hybridized carbons (Fsp3) is 0.600. The van der Waals surface area contributed by atoms with Crippen molar-refractivity contribution in [2.45, 2.75) is 19.0 Å². The first-order valence-corrected chi connectivity index (χ1v) is 6.89. The van der Waals surface area contributed by atoms with Gasteiger partial charge in [0, 0.05) is 32.2 Å². The van der Waals surface area contributed by atoms with E-state index in [1.807, 2.05) is 12.1 Å². The standard InChI is InChI=1S/C15H24N2O2/c1-16(8-9-18)14-6-7-17(12-14)11-13-4-3-5-15(10-13)19-2/h3-5,10,14,18H,6-9,11-12H2,1-2H3. The summed E-state index contributed by atoms with van der Waals surface area (Å²) < 4.78 is 5.26. The van der Waals surface area contributed by atoms with E-state index in [4.69, 9.17) is 9.84 Å². The number of likely N-dealkylation sites (N-methyl/N-ethyl adjacent to an activating group) is 1. The molecule has 19 heavy (non-hydrogen) atoms. The van der Waals surface area contributed by atoms with Crippen LogP contribution in [0.15, 0.2) is 24.3 Å². The van der Waals surface area contributed by atoms with Gasteiger partial charge in [0.15, 0.2) is 0 Å². The number of likely N-dealkylation sites (tertiary alicyclic amines) is 1. The molecule has 0 saturated carbocycles. The molecule has 0 spiro atoms. The Kier molecular flexibility index (Phi) is 5.19. The molecule has 1 fully saturated rings. The third-order valence-corrected chi connectivity index (χ3v) is 3.86. The van der Waals surface area contributed by atoms with Crippen LogP contribution in [0.25, 0.3) is 0 Å². The van der Waals surface area contributed by atoms with Gasteiger partial charge in [0.25, 0.3) is 0 Å². The van der Waals surface area contributed by atoms with Crippen LogP contribution in [0.2, 0.25) is 0 Å². The summed E-state index contributed by atoms with van der Waals surface area (Å²) >= 11 is 0. The monoisotopic (exact) mass is 264 g/mol. The number of ether oxygens (including phenoxy) is 1. The van der Waals surface area contributed by atoms with Crippen LogP contribution in [0, 0.1) is 0 Å².